The maximum Gasteiger partial charge on any atom is 0.472 e. The molecule has 0 saturated heterocycles. The highest BCUT2D eigenvalue weighted by Crippen LogP contribution is 2.45. The zero-order valence-electron chi connectivity index (χ0n) is 68.7. The quantitative estimate of drug-likeness (QED) is 0.0222. The van der Waals surface area contributed by atoms with Gasteiger partial charge in [-0.2, -0.15) is 0 Å². The molecule has 0 aliphatic heterocycles. The molecular formula is C85H166O17P2. The number of carbonyl (C=O) groups is 4. The normalized spacial score (nSPS) is 14.5. The third-order valence-electron chi connectivity index (χ3n) is 20.5. The van der Waals surface area contributed by atoms with E-state index in [9.17, 15) is 43.2 Å². The lowest BCUT2D eigenvalue weighted by molar-refractivity contribution is -0.161. The molecule has 104 heavy (non-hydrogen) atoms. The number of hydrogen-bond donors (Lipinski definition) is 3. The van der Waals surface area contributed by atoms with E-state index in [1.165, 1.54) is 238 Å². The number of carbonyl (C=O) groups excluding carboxylic acids is 4. The lowest BCUT2D eigenvalue weighted by Crippen LogP contribution is -2.30. The standard InChI is InChI=1S/C85H166O17P2/c1-9-77(7)63-55-47-38-32-26-20-15-17-22-28-34-40-49-57-65-82(87)95-71-80(101-84(89)67-59-51-41-35-29-23-14-12-11-13-19-25-31-37-45-53-61-75(3)4)73-99-103(91,92)97-69-79(86)70-98-104(93,94)100-74-81(72-96-83(88)66-58-50-44-43-46-54-62-76(5)6)102-85(90)68-60-52-42-36-30-24-18-16-21-27-33-39-48-56-64-78(8)10-2/h75-81,86H,9-74H2,1-8H3,(H,91,92)(H,93,94)/t77?,78?,79-,80-,81-/m1/s1. The molecule has 0 fully saturated rings. The number of hydrogen-bond acceptors (Lipinski definition) is 15. The largest absolute Gasteiger partial charge is 0.472 e. The van der Waals surface area contributed by atoms with Crippen molar-refractivity contribution >= 4 is 39.5 Å². The highest BCUT2D eigenvalue weighted by atomic mass is 31.2. The molecule has 0 aromatic carbocycles. The lowest BCUT2D eigenvalue weighted by atomic mass is 9.99. The van der Waals surface area contributed by atoms with E-state index in [2.05, 4.69) is 55.4 Å². The maximum atomic E-state index is 13.1. The summed E-state index contributed by atoms with van der Waals surface area (Å²) >= 11 is 0. The first-order valence-corrected chi connectivity index (χ1v) is 46.8. The predicted octanol–water partition coefficient (Wildman–Crippen LogP) is 25.6. The van der Waals surface area contributed by atoms with Gasteiger partial charge in [0.25, 0.3) is 0 Å². The Bertz CT molecular complexity index is 2030. The molecule has 0 bridgehead atoms. The number of aliphatic hydroxyl groups excluding tert-OH is 1. The van der Waals surface area contributed by atoms with Crippen LogP contribution in [0.1, 0.15) is 441 Å². The second kappa shape index (κ2) is 73.8. The maximum absolute atomic E-state index is 13.1. The number of esters is 4. The average molecular weight is 1520 g/mol. The molecule has 0 aromatic heterocycles. The number of phosphoric ester groups is 2. The van der Waals surface area contributed by atoms with Gasteiger partial charge in [0.2, 0.25) is 0 Å². The van der Waals surface area contributed by atoms with Crippen molar-refractivity contribution in [1.29, 1.82) is 0 Å². The molecule has 0 aromatic rings. The minimum Gasteiger partial charge on any atom is -0.462 e. The van der Waals surface area contributed by atoms with Crippen molar-refractivity contribution in [2.24, 2.45) is 23.7 Å². The Morgan fingerprint density at radius 2 is 0.462 bits per heavy atom. The number of unbranched alkanes of at least 4 members (excludes halogenated alkanes) is 46. The predicted molar refractivity (Wildman–Crippen MR) is 428 cm³/mol. The van der Waals surface area contributed by atoms with Gasteiger partial charge in [-0.25, -0.2) is 9.13 Å². The summed E-state index contributed by atoms with van der Waals surface area (Å²) in [5, 5.41) is 10.7. The van der Waals surface area contributed by atoms with Crippen LogP contribution in [0.4, 0.5) is 0 Å². The van der Waals surface area contributed by atoms with E-state index < -0.39 is 97.5 Å². The molecule has 618 valence electrons. The number of phosphoric acid groups is 2. The van der Waals surface area contributed by atoms with Crippen molar-refractivity contribution < 1.29 is 80.2 Å². The topological polar surface area (TPSA) is 237 Å². The molecule has 17 nitrogen and oxygen atoms in total. The molecule has 0 saturated carbocycles. The van der Waals surface area contributed by atoms with Gasteiger partial charge in [-0.3, -0.25) is 37.3 Å². The van der Waals surface area contributed by atoms with Crippen LogP contribution in [0.2, 0.25) is 0 Å². The fraction of sp³-hybridized carbons (Fsp3) is 0.953. The summed E-state index contributed by atoms with van der Waals surface area (Å²) in [5.74, 6) is 1.07. The van der Waals surface area contributed by atoms with Crippen LogP contribution in [-0.4, -0.2) is 96.7 Å². The number of aliphatic hydroxyl groups is 1. The molecule has 19 heteroatoms. The smallest absolute Gasteiger partial charge is 0.462 e. The van der Waals surface area contributed by atoms with Gasteiger partial charge in [0.1, 0.15) is 19.3 Å². The van der Waals surface area contributed by atoms with E-state index in [4.69, 9.17) is 37.0 Å². The zero-order chi connectivity index (χ0) is 76.7. The van der Waals surface area contributed by atoms with E-state index in [1.807, 2.05) is 0 Å². The van der Waals surface area contributed by atoms with Gasteiger partial charge in [-0.15, -0.1) is 0 Å². The molecular weight excluding hydrogens is 1350 g/mol. The summed E-state index contributed by atoms with van der Waals surface area (Å²) in [4.78, 5) is 73.1. The fourth-order valence-electron chi connectivity index (χ4n) is 13.1. The van der Waals surface area contributed by atoms with Gasteiger partial charge in [-0.1, -0.05) is 389 Å². The minimum absolute atomic E-state index is 0.106. The number of ether oxygens (including phenoxy) is 4. The Morgan fingerprint density at radius 3 is 0.683 bits per heavy atom. The van der Waals surface area contributed by atoms with Gasteiger partial charge < -0.3 is 33.8 Å². The second-order valence-electron chi connectivity index (χ2n) is 32.0. The van der Waals surface area contributed by atoms with Crippen LogP contribution in [0.5, 0.6) is 0 Å². The Hall–Kier alpha value is -1.94. The Kier molecular flexibility index (Phi) is 72.5. The van der Waals surface area contributed by atoms with Crippen molar-refractivity contribution in [1.82, 2.24) is 0 Å². The van der Waals surface area contributed by atoms with Crippen molar-refractivity contribution in [2.75, 3.05) is 39.6 Å². The molecule has 0 aliphatic carbocycles. The van der Waals surface area contributed by atoms with Crippen molar-refractivity contribution in [3.63, 3.8) is 0 Å². The Morgan fingerprint density at radius 1 is 0.269 bits per heavy atom. The zero-order valence-corrected chi connectivity index (χ0v) is 70.5. The van der Waals surface area contributed by atoms with Crippen LogP contribution in [0.15, 0.2) is 0 Å². The molecule has 7 atom stereocenters. The summed E-state index contributed by atoms with van der Waals surface area (Å²) in [7, 11) is -9.93. The SMILES string of the molecule is CCC(C)CCCCCCCCCCCCCCCCC(=O)OC[C@H](COP(=O)(O)OC[C@@H](O)COP(=O)(O)OC[C@@H](COC(=O)CCCCCCCCC(C)C)OC(=O)CCCCCCCCCCCCCCCCC(C)CC)OC(=O)CCCCCCCCCCCCCCCCCCC(C)C. The van der Waals surface area contributed by atoms with Crippen LogP contribution < -0.4 is 0 Å². The molecule has 4 unspecified atom stereocenters. The van der Waals surface area contributed by atoms with Crippen LogP contribution in [0.3, 0.4) is 0 Å². The second-order valence-corrected chi connectivity index (χ2v) is 34.9. The van der Waals surface area contributed by atoms with E-state index >= 15 is 0 Å². The molecule has 0 spiro atoms. The van der Waals surface area contributed by atoms with Gasteiger partial charge in [0.15, 0.2) is 12.2 Å². The van der Waals surface area contributed by atoms with Crippen LogP contribution in [0.25, 0.3) is 0 Å². The molecule has 3 N–H and O–H groups in total. The van der Waals surface area contributed by atoms with E-state index in [0.29, 0.717) is 31.6 Å². The lowest BCUT2D eigenvalue weighted by Gasteiger charge is -2.21. The molecule has 0 amide bonds. The Balaban J connectivity index is 5.23. The van der Waals surface area contributed by atoms with E-state index in [1.54, 1.807) is 0 Å². The molecule has 0 radical (unpaired) electrons. The molecule has 0 heterocycles. The first-order valence-electron chi connectivity index (χ1n) is 43.8. The van der Waals surface area contributed by atoms with Gasteiger partial charge in [-0.05, 0) is 49.4 Å². The minimum atomic E-state index is -4.97. The Labute approximate surface area is 638 Å². The average Bonchev–Trinajstić information content (AvgIpc) is 0.921. The summed E-state index contributed by atoms with van der Waals surface area (Å²) in [6.07, 6.45) is 62.5. The van der Waals surface area contributed by atoms with Crippen LogP contribution >= 0.6 is 15.6 Å². The highest BCUT2D eigenvalue weighted by molar-refractivity contribution is 7.47. The van der Waals surface area contributed by atoms with E-state index in [0.717, 1.165) is 114 Å². The monoisotopic (exact) mass is 1520 g/mol. The van der Waals surface area contributed by atoms with Crippen molar-refractivity contribution in [3.05, 3.63) is 0 Å². The van der Waals surface area contributed by atoms with E-state index in [-0.39, 0.29) is 25.7 Å². The van der Waals surface area contributed by atoms with Crippen molar-refractivity contribution in [3.8, 4) is 0 Å². The third kappa shape index (κ3) is 75.5. The highest BCUT2D eigenvalue weighted by Gasteiger charge is 2.30. The van der Waals surface area contributed by atoms with Crippen LogP contribution in [-0.2, 0) is 65.4 Å². The van der Waals surface area contributed by atoms with Crippen LogP contribution in [0, 0.1) is 23.7 Å². The first kappa shape index (κ1) is 102. The molecule has 0 rings (SSSR count). The molecule has 0 aliphatic rings. The summed E-state index contributed by atoms with van der Waals surface area (Å²) in [6.45, 7) is 14.3. The number of rotatable bonds is 82. The van der Waals surface area contributed by atoms with Gasteiger partial charge >= 0.3 is 39.5 Å². The fourth-order valence-corrected chi connectivity index (χ4v) is 14.7. The van der Waals surface area contributed by atoms with Crippen molar-refractivity contribution in [2.45, 2.75) is 459 Å². The third-order valence-corrected chi connectivity index (χ3v) is 22.4. The first-order chi connectivity index (χ1) is 50.2. The summed E-state index contributed by atoms with van der Waals surface area (Å²) < 4.78 is 68.8. The van der Waals surface area contributed by atoms with Gasteiger partial charge in [0, 0.05) is 25.7 Å². The summed E-state index contributed by atoms with van der Waals surface area (Å²) in [6, 6.07) is 0. The summed E-state index contributed by atoms with van der Waals surface area (Å²) in [5.41, 5.74) is 0. The van der Waals surface area contributed by atoms with Gasteiger partial charge in [0.05, 0.1) is 26.4 Å².